The van der Waals surface area contributed by atoms with Crippen LogP contribution in [0.15, 0.2) is 22.7 Å². The van der Waals surface area contributed by atoms with E-state index in [9.17, 15) is 5.11 Å². The van der Waals surface area contributed by atoms with E-state index in [1.807, 2.05) is 12.1 Å². The van der Waals surface area contributed by atoms with E-state index >= 15 is 0 Å². The maximum atomic E-state index is 9.60. The van der Waals surface area contributed by atoms with Gasteiger partial charge in [0.05, 0.1) is 12.1 Å². The van der Waals surface area contributed by atoms with Gasteiger partial charge in [0.1, 0.15) is 0 Å². The van der Waals surface area contributed by atoms with Crippen molar-refractivity contribution in [3.05, 3.63) is 28.2 Å². The molecule has 4 N–H and O–H groups in total. The van der Waals surface area contributed by atoms with E-state index in [4.69, 9.17) is 5.73 Å². The van der Waals surface area contributed by atoms with Crippen LogP contribution in [-0.2, 0) is 6.42 Å². The zero-order valence-corrected chi connectivity index (χ0v) is 9.29. The third-order valence-corrected chi connectivity index (χ3v) is 3.05. The van der Waals surface area contributed by atoms with Gasteiger partial charge >= 0.3 is 0 Å². The van der Waals surface area contributed by atoms with Gasteiger partial charge < -0.3 is 16.2 Å². The van der Waals surface area contributed by atoms with Crippen molar-refractivity contribution in [3.8, 4) is 0 Å². The summed E-state index contributed by atoms with van der Waals surface area (Å²) in [5.41, 5.74) is 7.75. The molecule has 76 valence electrons. The molecule has 2 unspecified atom stereocenters. The normalized spacial score (nSPS) is 21.5. The molecule has 14 heavy (non-hydrogen) atoms. The summed E-state index contributed by atoms with van der Waals surface area (Å²) in [6.45, 7) is 0.298. The van der Waals surface area contributed by atoms with Gasteiger partial charge in [0.2, 0.25) is 0 Å². The van der Waals surface area contributed by atoms with Crippen LogP contribution in [0.4, 0.5) is 5.69 Å². The van der Waals surface area contributed by atoms with E-state index in [0.717, 1.165) is 16.6 Å². The molecule has 3 nitrogen and oxygen atoms in total. The Hall–Kier alpha value is -0.580. The van der Waals surface area contributed by atoms with Crippen LogP contribution in [0.25, 0.3) is 0 Å². The molecule has 1 aliphatic heterocycles. The van der Waals surface area contributed by atoms with Crippen LogP contribution in [-0.4, -0.2) is 23.8 Å². The van der Waals surface area contributed by atoms with Crippen molar-refractivity contribution in [2.45, 2.75) is 18.6 Å². The number of aliphatic hydroxyl groups is 1. The lowest BCUT2D eigenvalue weighted by Gasteiger charge is -2.16. The smallest absolute Gasteiger partial charge is 0.0866 e. The largest absolute Gasteiger partial charge is 0.390 e. The fourth-order valence-corrected chi connectivity index (χ4v) is 2.16. The molecule has 1 aliphatic rings. The lowest BCUT2D eigenvalue weighted by atomic mass is 10.1. The molecule has 0 spiro atoms. The number of fused-ring (bicyclic) bond motifs is 1. The highest BCUT2D eigenvalue weighted by Crippen LogP contribution is 2.29. The molecule has 1 aromatic rings. The minimum absolute atomic E-state index is 0.0595. The molecule has 4 heteroatoms. The van der Waals surface area contributed by atoms with Crippen molar-refractivity contribution in [1.82, 2.24) is 0 Å². The van der Waals surface area contributed by atoms with Gasteiger partial charge in [-0.25, -0.2) is 0 Å². The maximum Gasteiger partial charge on any atom is 0.0866 e. The zero-order chi connectivity index (χ0) is 10.1. The molecule has 0 saturated carbocycles. The van der Waals surface area contributed by atoms with Gasteiger partial charge in [-0.2, -0.15) is 0 Å². The summed E-state index contributed by atoms with van der Waals surface area (Å²) in [5.74, 6) is 0. The highest BCUT2D eigenvalue weighted by molar-refractivity contribution is 9.10. The van der Waals surface area contributed by atoms with E-state index in [0.29, 0.717) is 6.54 Å². The number of hydrogen-bond acceptors (Lipinski definition) is 3. The molecule has 1 aromatic carbocycles. The van der Waals surface area contributed by atoms with Crippen molar-refractivity contribution in [1.29, 1.82) is 0 Å². The molecular formula is C10H13BrN2O. The van der Waals surface area contributed by atoms with Crippen molar-refractivity contribution in [2.24, 2.45) is 5.73 Å². The fraction of sp³-hybridized carbons (Fsp3) is 0.400. The minimum Gasteiger partial charge on any atom is -0.390 e. The van der Waals surface area contributed by atoms with Crippen LogP contribution in [0.1, 0.15) is 5.56 Å². The summed E-state index contributed by atoms with van der Waals surface area (Å²) >= 11 is 3.42. The molecule has 0 fully saturated rings. The van der Waals surface area contributed by atoms with Crippen molar-refractivity contribution >= 4 is 21.6 Å². The van der Waals surface area contributed by atoms with Crippen LogP contribution < -0.4 is 11.1 Å². The molecule has 0 saturated heterocycles. The second-order valence-electron chi connectivity index (χ2n) is 3.56. The molecule has 0 bridgehead atoms. The zero-order valence-electron chi connectivity index (χ0n) is 7.70. The third-order valence-electron chi connectivity index (χ3n) is 2.55. The summed E-state index contributed by atoms with van der Waals surface area (Å²) in [5, 5.41) is 12.9. The first-order valence-corrected chi connectivity index (χ1v) is 5.43. The van der Waals surface area contributed by atoms with E-state index in [-0.39, 0.29) is 6.04 Å². The second kappa shape index (κ2) is 3.88. The molecule has 2 rings (SSSR count). The number of nitrogens with one attached hydrogen (secondary N) is 1. The summed E-state index contributed by atoms with van der Waals surface area (Å²) in [6, 6.07) is 6.14. The van der Waals surface area contributed by atoms with E-state index in [1.165, 1.54) is 5.56 Å². The van der Waals surface area contributed by atoms with Crippen LogP contribution in [0.5, 0.6) is 0 Å². The number of aliphatic hydroxyl groups excluding tert-OH is 1. The van der Waals surface area contributed by atoms with Gasteiger partial charge in [-0.05, 0) is 30.2 Å². The molecule has 0 amide bonds. The van der Waals surface area contributed by atoms with Gasteiger partial charge in [0.15, 0.2) is 0 Å². The molecule has 2 atom stereocenters. The molecule has 0 aromatic heterocycles. The number of benzene rings is 1. The number of rotatable bonds is 2. The molecule has 1 heterocycles. The number of nitrogens with two attached hydrogens (primary N) is 1. The number of halogens is 1. The molecule has 0 radical (unpaired) electrons. The van der Waals surface area contributed by atoms with Gasteiger partial charge in [-0.1, -0.05) is 15.9 Å². The summed E-state index contributed by atoms with van der Waals surface area (Å²) < 4.78 is 1.07. The summed E-state index contributed by atoms with van der Waals surface area (Å²) in [7, 11) is 0. The fourth-order valence-electron chi connectivity index (χ4n) is 1.76. The lowest BCUT2D eigenvalue weighted by Crippen LogP contribution is -2.37. The minimum atomic E-state index is -0.471. The van der Waals surface area contributed by atoms with Gasteiger partial charge in [-0.15, -0.1) is 0 Å². The number of anilines is 1. The SMILES string of the molecule is NCC(O)C1Cc2cc(Br)ccc2N1. The first-order valence-electron chi connectivity index (χ1n) is 4.64. The Kier molecular flexibility index (Phi) is 2.76. The number of hydrogen-bond donors (Lipinski definition) is 3. The van der Waals surface area contributed by atoms with E-state index < -0.39 is 6.10 Å². The highest BCUT2D eigenvalue weighted by Gasteiger charge is 2.25. The quantitative estimate of drug-likeness (QED) is 0.743. The van der Waals surface area contributed by atoms with Gasteiger partial charge in [0, 0.05) is 16.7 Å². The maximum absolute atomic E-state index is 9.60. The van der Waals surface area contributed by atoms with Crippen molar-refractivity contribution in [2.75, 3.05) is 11.9 Å². The third kappa shape index (κ3) is 1.78. The average Bonchev–Trinajstić information content (AvgIpc) is 2.59. The standard InChI is InChI=1S/C10H13BrN2O/c11-7-1-2-8-6(3-7)4-9(13-8)10(14)5-12/h1-3,9-10,13-14H,4-5,12H2. The Morgan fingerprint density at radius 3 is 3.14 bits per heavy atom. The van der Waals surface area contributed by atoms with Crippen LogP contribution in [0.3, 0.4) is 0 Å². The lowest BCUT2D eigenvalue weighted by molar-refractivity contribution is 0.162. The summed E-state index contributed by atoms with van der Waals surface area (Å²) in [6.07, 6.45) is 0.369. The van der Waals surface area contributed by atoms with Crippen molar-refractivity contribution < 1.29 is 5.11 Å². The van der Waals surface area contributed by atoms with Crippen molar-refractivity contribution in [3.63, 3.8) is 0 Å². The topological polar surface area (TPSA) is 58.3 Å². The predicted octanol–water partition coefficient (Wildman–Crippen LogP) is 1.11. The molecule has 0 aliphatic carbocycles. The first-order chi connectivity index (χ1) is 6.70. The van der Waals surface area contributed by atoms with Gasteiger partial charge in [-0.3, -0.25) is 0 Å². The predicted molar refractivity (Wildman–Crippen MR) is 60.3 cm³/mol. The van der Waals surface area contributed by atoms with Crippen LogP contribution in [0, 0.1) is 0 Å². The van der Waals surface area contributed by atoms with Gasteiger partial charge in [0.25, 0.3) is 0 Å². The highest BCUT2D eigenvalue weighted by atomic mass is 79.9. The van der Waals surface area contributed by atoms with E-state index in [1.54, 1.807) is 0 Å². The average molecular weight is 257 g/mol. The Balaban J connectivity index is 2.17. The van der Waals surface area contributed by atoms with Crippen LogP contribution in [0.2, 0.25) is 0 Å². The Labute approximate surface area is 91.4 Å². The molecular weight excluding hydrogens is 244 g/mol. The first kappa shape index (κ1) is 9.96. The summed E-state index contributed by atoms with van der Waals surface area (Å²) in [4.78, 5) is 0. The monoisotopic (exact) mass is 256 g/mol. The Morgan fingerprint density at radius 1 is 1.64 bits per heavy atom. The Bertz CT molecular complexity index is 343. The Morgan fingerprint density at radius 2 is 2.43 bits per heavy atom. The second-order valence-corrected chi connectivity index (χ2v) is 4.48. The van der Waals surface area contributed by atoms with E-state index in [2.05, 4.69) is 27.3 Å². The van der Waals surface area contributed by atoms with Crippen LogP contribution >= 0.6 is 15.9 Å².